The van der Waals surface area contributed by atoms with E-state index < -0.39 is 0 Å². The molecule has 5 nitrogen and oxygen atoms in total. The molecule has 2 heterocycles. The minimum atomic E-state index is -0.236. The number of nitriles is 1. The smallest absolute Gasteiger partial charge is 0.272 e. The number of rotatable bonds is 2. The Bertz CT molecular complexity index is 735. The molecule has 0 fully saturated rings. The van der Waals surface area contributed by atoms with Crippen molar-refractivity contribution in [1.29, 1.82) is 5.26 Å². The summed E-state index contributed by atoms with van der Waals surface area (Å²) in [7, 11) is 1.77. The lowest BCUT2D eigenvalue weighted by Gasteiger charge is -2.04. The summed E-state index contributed by atoms with van der Waals surface area (Å²) in [6.45, 7) is 0. The lowest BCUT2D eigenvalue weighted by Crippen LogP contribution is -2.15. The molecule has 0 saturated heterocycles. The molecule has 2 aromatic rings. The summed E-state index contributed by atoms with van der Waals surface area (Å²) in [5.74, 6) is -0.236. The van der Waals surface area contributed by atoms with Crippen LogP contribution in [0.4, 0.5) is 10.7 Å². The van der Waals surface area contributed by atoms with E-state index >= 15 is 0 Å². The van der Waals surface area contributed by atoms with Crippen molar-refractivity contribution in [3.05, 3.63) is 34.0 Å². The number of anilines is 2. The quantitative estimate of drug-likeness (QED) is 0.888. The number of nitrogen functional groups attached to an aromatic ring is 1. The first kappa shape index (κ1) is 12.8. The number of carbonyl (C=O) groups excluding carboxylic acids is 1. The second kappa shape index (κ2) is 4.69. The van der Waals surface area contributed by atoms with Gasteiger partial charge in [0, 0.05) is 18.1 Å². The van der Waals surface area contributed by atoms with Gasteiger partial charge in [0.1, 0.15) is 16.8 Å². The molecule has 0 atom stereocenters. The SMILES string of the molecule is Cn1cc(N)cc1C(=O)Nc1sc2c(c1C#N)CCC2. The molecule has 3 N–H and O–H groups in total. The van der Waals surface area contributed by atoms with Gasteiger partial charge in [0.2, 0.25) is 0 Å². The Morgan fingerprint density at radius 1 is 1.55 bits per heavy atom. The van der Waals surface area contributed by atoms with Gasteiger partial charge in [-0.3, -0.25) is 4.79 Å². The van der Waals surface area contributed by atoms with E-state index in [1.807, 2.05) is 0 Å². The lowest BCUT2D eigenvalue weighted by molar-refractivity contribution is 0.101. The highest BCUT2D eigenvalue weighted by atomic mass is 32.1. The average Bonchev–Trinajstić information content (AvgIpc) is 3.03. The third-order valence-corrected chi connectivity index (χ3v) is 4.73. The van der Waals surface area contributed by atoms with Crippen molar-refractivity contribution in [2.45, 2.75) is 19.3 Å². The number of amides is 1. The zero-order valence-corrected chi connectivity index (χ0v) is 11.9. The number of hydrogen-bond donors (Lipinski definition) is 2. The molecule has 0 radical (unpaired) electrons. The summed E-state index contributed by atoms with van der Waals surface area (Å²) in [6.07, 6.45) is 4.72. The maximum absolute atomic E-state index is 12.3. The molecule has 1 aliphatic carbocycles. The third kappa shape index (κ3) is 1.96. The van der Waals surface area contributed by atoms with Crippen LogP contribution >= 0.6 is 11.3 Å². The summed E-state index contributed by atoms with van der Waals surface area (Å²) in [5.41, 5.74) is 8.44. The van der Waals surface area contributed by atoms with Crippen LogP contribution in [-0.4, -0.2) is 10.5 Å². The zero-order chi connectivity index (χ0) is 14.3. The van der Waals surface area contributed by atoms with Gasteiger partial charge in [-0.15, -0.1) is 11.3 Å². The molecule has 102 valence electrons. The molecule has 2 aromatic heterocycles. The first-order chi connectivity index (χ1) is 9.60. The van der Waals surface area contributed by atoms with Crippen molar-refractivity contribution >= 4 is 27.9 Å². The number of aromatic nitrogens is 1. The molecule has 0 unspecified atom stereocenters. The largest absolute Gasteiger partial charge is 0.397 e. The van der Waals surface area contributed by atoms with E-state index in [4.69, 9.17) is 5.73 Å². The van der Waals surface area contributed by atoms with Gasteiger partial charge in [0.15, 0.2) is 0 Å². The average molecular weight is 286 g/mol. The molecular formula is C14H14N4OS. The Morgan fingerprint density at radius 3 is 3.00 bits per heavy atom. The second-order valence-electron chi connectivity index (χ2n) is 4.90. The third-order valence-electron chi connectivity index (χ3n) is 3.52. The van der Waals surface area contributed by atoms with E-state index in [0.29, 0.717) is 21.9 Å². The Kier molecular flexibility index (Phi) is 2.99. The lowest BCUT2D eigenvalue weighted by atomic mass is 10.1. The van der Waals surface area contributed by atoms with Crippen LogP contribution in [0.3, 0.4) is 0 Å². The maximum Gasteiger partial charge on any atom is 0.272 e. The summed E-state index contributed by atoms with van der Waals surface area (Å²) in [6, 6.07) is 3.84. The first-order valence-corrected chi connectivity index (χ1v) is 7.19. The minimum Gasteiger partial charge on any atom is -0.397 e. The van der Waals surface area contributed by atoms with Gasteiger partial charge in [-0.25, -0.2) is 0 Å². The van der Waals surface area contributed by atoms with Gasteiger partial charge in [0.05, 0.1) is 11.3 Å². The molecule has 0 spiro atoms. The van der Waals surface area contributed by atoms with Crippen molar-refractivity contribution in [3.63, 3.8) is 0 Å². The van der Waals surface area contributed by atoms with Crippen LogP contribution in [-0.2, 0) is 19.9 Å². The highest BCUT2D eigenvalue weighted by Crippen LogP contribution is 2.38. The molecule has 0 aromatic carbocycles. The Hall–Kier alpha value is -2.26. The monoisotopic (exact) mass is 286 g/mol. The summed E-state index contributed by atoms with van der Waals surface area (Å²) in [4.78, 5) is 13.5. The van der Waals surface area contributed by atoms with E-state index in [2.05, 4.69) is 11.4 Å². The fraction of sp³-hybridized carbons (Fsp3) is 0.286. The number of hydrogen-bond acceptors (Lipinski definition) is 4. The van der Waals surface area contributed by atoms with Gasteiger partial charge in [-0.2, -0.15) is 5.26 Å². The maximum atomic E-state index is 12.3. The number of carbonyl (C=O) groups is 1. The van der Waals surface area contributed by atoms with Gasteiger partial charge >= 0.3 is 0 Å². The van der Waals surface area contributed by atoms with E-state index in [9.17, 15) is 10.1 Å². The highest BCUT2D eigenvalue weighted by molar-refractivity contribution is 7.16. The number of aryl methyl sites for hydroxylation is 2. The second-order valence-corrected chi connectivity index (χ2v) is 6.00. The summed E-state index contributed by atoms with van der Waals surface area (Å²) in [5, 5.41) is 12.8. The topological polar surface area (TPSA) is 83.8 Å². The Labute approximate surface area is 120 Å². The molecule has 20 heavy (non-hydrogen) atoms. The van der Waals surface area contributed by atoms with Crippen molar-refractivity contribution in [2.75, 3.05) is 11.1 Å². The fourth-order valence-electron chi connectivity index (χ4n) is 2.59. The van der Waals surface area contributed by atoms with Crippen molar-refractivity contribution in [3.8, 4) is 6.07 Å². The molecule has 6 heteroatoms. The summed E-state index contributed by atoms with van der Waals surface area (Å²) >= 11 is 1.51. The number of nitrogens with two attached hydrogens (primary N) is 1. The van der Waals surface area contributed by atoms with Gasteiger partial charge in [0.25, 0.3) is 5.91 Å². The Balaban J connectivity index is 1.91. The van der Waals surface area contributed by atoms with Gasteiger partial charge < -0.3 is 15.6 Å². The van der Waals surface area contributed by atoms with Crippen LogP contribution < -0.4 is 11.1 Å². The highest BCUT2D eigenvalue weighted by Gasteiger charge is 2.23. The minimum absolute atomic E-state index is 0.236. The van der Waals surface area contributed by atoms with E-state index in [1.165, 1.54) is 16.2 Å². The first-order valence-electron chi connectivity index (χ1n) is 6.38. The molecule has 0 bridgehead atoms. The van der Waals surface area contributed by atoms with Crippen LogP contribution in [0.1, 0.15) is 32.9 Å². The summed E-state index contributed by atoms with van der Waals surface area (Å²) < 4.78 is 1.68. The van der Waals surface area contributed by atoms with E-state index in [0.717, 1.165) is 24.8 Å². The number of fused-ring (bicyclic) bond motifs is 1. The van der Waals surface area contributed by atoms with Crippen LogP contribution in [0.5, 0.6) is 0 Å². The van der Waals surface area contributed by atoms with Crippen molar-refractivity contribution in [2.24, 2.45) is 7.05 Å². The normalized spacial score (nSPS) is 13.0. The van der Waals surface area contributed by atoms with Crippen LogP contribution in [0, 0.1) is 11.3 Å². The molecule has 0 saturated carbocycles. The van der Waals surface area contributed by atoms with Gasteiger partial charge in [-0.1, -0.05) is 0 Å². The van der Waals surface area contributed by atoms with Gasteiger partial charge in [-0.05, 0) is 30.9 Å². The molecule has 3 rings (SSSR count). The predicted octanol–water partition coefficient (Wildman–Crippen LogP) is 2.28. The molecule has 1 aliphatic rings. The molecular weight excluding hydrogens is 272 g/mol. The number of nitrogens with zero attached hydrogens (tertiary/aromatic N) is 2. The van der Waals surface area contributed by atoms with Crippen LogP contribution in [0.25, 0.3) is 0 Å². The van der Waals surface area contributed by atoms with E-state index in [-0.39, 0.29) is 5.91 Å². The number of thiophene rings is 1. The fourth-order valence-corrected chi connectivity index (χ4v) is 3.83. The predicted molar refractivity (Wildman–Crippen MR) is 78.8 cm³/mol. The van der Waals surface area contributed by atoms with Crippen LogP contribution in [0.15, 0.2) is 12.3 Å². The van der Waals surface area contributed by atoms with Crippen molar-refractivity contribution in [1.82, 2.24) is 4.57 Å². The molecule has 0 aliphatic heterocycles. The number of nitrogens with one attached hydrogen (secondary N) is 1. The van der Waals surface area contributed by atoms with E-state index in [1.54, 1.807) is 23.9 Å². The Morgan fingerprint density at radius 2 is 2.35 bits per heavy atom. The standard InChI is InChI=1S/C14H14N4OS/c1-18-7-8(16)5-11(18)13(19)17-14-10(6-15)9-3-2-4-12(9)20-14/h5,7H,2-4,16H2,1H3,(H,17,19). The van der Waals surface area contributed by atoms with Crippen molar-refractivity contribution < 1.29 is 4.79 Å². The van der Waals surface area contributed by atoms with Crippen LogP contribution in [0.2, 0.25) is 0 Å². The molecule has 1 amide bonds. The zero-order valence-electron chi connectivity index (χ0n) is 11.1.